The summed E-state index contributed by atoms with van der Waals surface area (Å²) in [5.74, 6) is 0. The van der Waals surface area contributed by atoms with Crippen molar-refractivity contribution in [1.29, 1.82) is 0 Å². The van der Waals surface area contributed by atoms with Crippen LogP contribution in [-0.4, -0.2) is 24.3 Å². The molecular formula is C15H24ClNO. The van der Waals surface area contributed by atoms with Crippen molar-refractivity contribution in [2.75, 3.05) is 13.2 Å². The quantitative estimate of drug-likeness (QED) is 0.796. The van der Waals surface area contributed by atoms with Gasteiger partial charge in [-0.25, -0.2) is 0 Å². The summed E-state index contributed by atoms with van der Waals surface area (Å²) in [6.45, 7) is 7.40. The molecule has 18 heavy (non-hydrogen) atoms. The Bertz CT molecular complexity index is 363. The van der Waals surface area contributed by atoms with Crippen LogP contribution in [0.3, 0.4) is 0 Å². The number of nitrogens with one attached hydrogen (secondary N) is 1. The maximum Gasteiger partial charge on any atom is 0.0496 e. The van der Waals surface area contributed by atoms with Gasteiger partial charge in [0.1, 0.15) is 0 Å². The highest BCUT2D eigenvalue weighted by Gasteiger charge is 2.21. The minimum atomic E-state index is -0.0330. The lowest BCUT2D eigenvalue weighted by Gasteiger charge is -2.28. The molecule has 1 aromatic carbocycles. The van der Waals surface area contributed by atoms with Gasteiger partial charge in [-0.15, -0.1) is 0 Å². The van der Waals surface area contributed by atoms with Crippen LogP contribution in [0.25, 0.3) is 0 Å². The second-order valence-electron chi connectivity index (χ2n) is 5.40. The highest BCUT2D eigenvalue weighted by atomic mass is 35.5. The van der Waals surface area contributed by atoms with Gasteiger partial charge < -0.3 is 10.4 Å². The van der Waals surface area contributed by atoms with E-state index in [4.69, 9.17) is 11.6 Å². The van der Waals surface area contributed by atoms with Crippen LogP contribution in [0.5, 0.6) is 0 Å². The van der Waals surface area contributed by atoms with Gasteiger partial charge in [0.2, 0.25) is 0 Å². The number of hydrogen-bond acceptors (Lipinski definition) is 2. The summed E-state index contributed by atoms with van der Waals surface area (Å²) < 4.78 is 0. The van der Waals surface area contributed by atoms with Gasteiger partial charge >= 0.3 is 0 Å². The molecule has 0 saturated carbocycles. The Morgan fingerprint density at radius 3 is 2.61 bits per heavy atom. The lowest BCUT2D eigenvalue weighted by molar-refractivity contribution is 0.132. The van der Waals surface area contributed by atoms with Crippen molar-refractivity contribution >= 4 is 11.6 Å². The molecule has 0 aliphatic heterocycles. The fourth-order valence-electron chi connectivity index (χ4n) is 1.78. The summed E-state index contributed by atoms with van der Waals surface area (Å²) in [5, 5.41) is 13.7. The standard InChI is InChI=1S/C15H24ClNO/c1-4-15(3,11-18)10-17-12(2)9-13-7-5-6-8-14(13)16/h5-8,12,17-18H,4,9-11H2,1-3H3. The van der Waals surface area contributed by atoms with Crippen LogP contribution in [0.2, 0.25) is 5.02 Å². The van der Waals surface area contributed by atoms with Crippen molar-refractivity contribution in [3.63, 3.8) is 0 Å². The third-order valence-corrected chi connectivity index (χ3v) is 3.97. The molecule has 0 bridgehead atoms. The summed E-state index contributed by atoms with van der Waals surface area (Å²) in [6.07, 6.45) is 1.88. The van der Waals surface area contributed by atoms with Gasteiger partial charge in [-0.05, 0) is 31.4 Å². The van der Waals surface area contributed by atoms with Gasteiger partial charge in [0.15, 0.2) is 0 Å². The summed E-state index contributed by atoms with van der Waals surface area (Å²) in [4.78, 5) is 0. The van der Waals surface area contributed by atoms with E-state index >= 15 is 0 Å². The van der Waals surface area contributed by atoms with E-state index < -0.39 is 0 Å². The Morgan fingerprint density at radius 1 is 1.39 bits per heavy atom. The second-order valence-corrected chi connectivity index (χ2v) is 5.81. The Labute approximate surface area is 115 Å². The van der Waals surface area contributed by atoms with E-state index in [-0.39, 0.29) is 12.0 Å². The minimum Gasteiger partial charge on any atom is -0.396 e. The number of aliphatic hydroxyl groups is 1. The second kappa shape index (κ2) is 7.13. The van der Waals surface area contributed by atoms with E-state index in [1.54, 1.807) is 0 Å². The van der Waals surface area contributed by atoms with Crippen molar-refractivity contribution in [2.24, 2.45) is 5.41 Å². The molecule has 0 aliphatic carbocycles. The maximum atomic E-state index is 9.37. The molecule has 1 aromatic rings. The van der Waals surface area contributed by atoms with Crippen molar-refractivity contribution in [1.82, 2.24) is 5.32 Å². The molecule has 2 N–H and O–H groups in total. The van der Waals surface area contributed by atoms with E-state index in [0.717, 1.165) is 24.4 Å². The molecule has 0 fully saturated rings. The molecular weight excluding hydrogens is 246 g/mol. The van der Waals surface area contributed by atoms with E-state index in [1.165, 1.54) is 5.56 Å². The van der Waals surface area contributed by atoms with Crippen molar-refractivity contribution < 1.29 is 5.11 Å². The fraction of sp³-hybridized carbons (Fsp3) is 0.600. The topological polar surface area (TPSA) is 32.3 Å². The lowest BCUT2D eigenvalue weighted by Crippen LogP contribution is -2.39. The van der Waals surface area contributed by atoms with E-state index in [1.807, 2.05) is 18.2 Å². The molecule has 0 aromatic heterocycles. The average molecular weight is 270 g/mol. The van der Waals surface area contributed by atoms with Crippen LogP contribution < -0.4 is 5.32 Å². The highest BCUT2D eigenvalue weighted by Crippen LogP contribution is 2.20. The van der Waals surface area contributed by atoms with E-state index in [9.17, 15) is 5.11 Å². The van der Waals surface area contributed by atoms with Gasteiger partial charge in [-0.2, -0.15) is 0 Å². The fourth-order valence-corrected chi connectivity index (χ4v) is 1.99. The summed E-state index contributed by atoms with van der Waals surface area (Å²) in [5.41, 5.74) is 1.13. The largest absolute Gasteiger partial charge is 0.396 e. The SMILES string of the molecule is CCC(C)(CO)CNC(C)Cc1ccccc1Cl. The number of halogens is 1. The predicted octanol–water partition coefficient (Wildman–Crippen LogP) is 3.27. The number of hydrogen-bond donors (Lipinski definition) is 2. The number of rotatable bonds is 7. The molecule has 3 heteroatoms. The van der Waals surface area contributed by atoms with Gasteiger partial charge in [-0.1, -0.05) is 43.6 Å². The van der Waals surface area contributed by atoms with Crippen LogP contribution in [-0.2, 0) is 6.42 Å². The van der Waals surface area contributed by atoms with Crippen LogP contribution in [0.15, 0.2) is 24.3 Å². The first kappa shape index (κ1) is 15.5. The molecule has 2 unspecified atom stereocenters. The Balaban J connectivity index is 2.48. The number of aliphatic hydroxyl groups excluding tert-OH is 1. The molecule has 0 radical (unpaired) electrons. The monoisotopic (exact) mass is 269 g/mol. The van der Waals surface area contributed by atoms with Crippen LogP contribution in [0.1, 0.15) is 32.8 Å². The Morgan fingerprint density at radius 2 is 2.06 bits per heavy atom. The molecule has 0 amide bonds. The third-order valence-electron chi connectivity index (χ3n) is 3.60. The summed E-state index contributed by atoms with van der Waals surface area (Å²) >= 11 is 6.15. The maximum absolute atomic E-state index is 9.37. The van der Waals surface area contributed by atoms with Gasteiger partial charge in [0.25, 0.3) is 0 Å². The molecule has 2 nitrogen and oxygen atoms in total. The van der Waals surface area contributed by atoms with Crippen molar-refractivity contribution in [3.8, 4) is 0 Å². The molecule has 0 aliphatic rings. The van der Waals surface area contributed by atoms with Gasteiger partial charge in [0.05, 0.1) is 0 Å². The van der Waals surface area contributed by atoms with Crippen LogP contribution >= 0.6 is 11.6 Å². The first-order chi connectivity index (χ1) is 8.50. The highest BCUT2D eigenvalue weighted by molar-refractivity contribution is 6.31. The minimum absolute atomic E-state index is 0.0330. The molecule has 102 valence electrons. The lowest BCUT2D eigenvalue weighted by atomic mass is 9.88. The van der Waals surface area contributed by atoms with Crippen LogP contribution in [0.4, 0.5) is 0 Å². The first-order valence-corrected chi connectivity index (χ1v) is 6.96. The van der Waals surface area contributed by atoms with Gasteiger partial charge in [0, 0.05) is 29.6 Å². The van der Waals surface area contributed by atoms with Crippen LogP contribution in [0, 0.1) is 5.41 Å². The molecule has 0 saturated heterocycles. The zero-order valence-corrected chi connectivity index (χ0v) is 12.3. The normalized spacial score (nSPS) is 16.3. The molecule has 0 spiro atoms. The molecule has 1 rings (SSSR count). The van der Waals surface area contributed by atoms with Gasteiger partial charge in [-0.3, -0.25) is 0 Å². The predicted molar refractivity (Wildman–Crippen MR) is 78.1 cm³/mol. The molecule has 2 atom stereocenters. The molecule has 0 heterocycles. The Kier molecular flexibility index (Phi) is 6.13. The zero-order valence-electron chi connectivity index (χ0n) is 11.5. The average Bonchev–Trinajstić information content (AvgIpc) is 2.39. The van der Waals surface area contributed by atoms with Crippen molar-refractivity contribution in [2.45, 2.75) is 39.7 Å². The summed E-state index contributed by atoms with van der Waals surface area (Å²) in [7, 11) is 0. The summed E-state index contributed by atoms with van der Waals surface area (Å²) in [6, 6.07) is 8.29. The third kappa shape index (κ3) is 4.60. The smallest absolute Gasteiger partial charge is 0.0496 e. The van der Waals surface area contributed by atoms with E-state index in [0.29, 0.717) is 6.04 Å². The number of benzene rings is 1. The zero-order chi connectivity index (χ0) is 13.6. The van der Waals surface area contributed by atoms with E-state index in [2.05, 4.69) is 32.2 Å². The Hall–Kier alpha value is -0.570. The van der Waals surface area contributed by atoms with Crippen molar-refractivity contribution in [3.05, 3.63) is 34.9 Å². The first-order valence-electron chi connectivity index (χ1n) is 6.58.